The summed E-state index contributed by atoms with van der Waals surface area (Å²) in [7, 11) is 1.64. The van der Waals surface area contributed by atoms with Gasteiger partial charge in [0.05, 0.1) is 18.7 Å². The van der Waals surface area contributed by atoms with Crippen LogP contribution in [0.25, 0.3) is 0 Å². The van der Waals surface area contributed by atoms with E-state index in [0.717, 1.165) is 37.5 Å². The molecule has 0 saturated heterocycles. The maximum Gasteiger partial charge on any atom is 0.315 e. The predicted molar refractivity (Wildman–Crippen MR) is 78.3 cm³/mol. The number of hydrogen-bond acceptors (Lipinski definition) is 5. The molecule has 0 spiro atoms. The van der Waals surface area contributed by atoms with Crippen LogP contribution in [0, 0.1) is 0 Å². The number of methoxy groups -OCH3 is 1. The first kappa shape index (κ1) is 15.2. The van der Waals surface area contributed by atoms with Crippen molar-refractivity contribution in [2.45, 2.75) is 57.5 Å². The average Bonchev–Trinajstić information content (AvgIpc) is 3.08. The van der Waals surface area contributed by atoms with E-state index in [1.807, 2.05) is 6.92 Å². The summed E-state index contributed by atoms with van der Waals surface area (Å²) in [5.74, 6) is 1.82. The van der Waals surface area contributed by atoms with Gasteiger partial charge >= 0.3 is 6.03 Å². The zero-order valence-corrected chi connectivity index (χ0v) is 13.0. The predicted octanol–water partition coefficient (Wildman–Crippen LogP) is 0.216. The average molecular weight is 309 g/mol. The van der Waals surface area contributed by atoms with Gasteiger partial charge in [0.1, 0.15) is 11.9 Å². The van der Waals surface area contributed by atoms with Crippen LogP contribution in [0.2, 0.25) is 0 Å². The highest BCUT2D eigenvalue weighted by Gasteiger charge is 2.42. The van der Waals surface area contributed by atoms with Crippen molar-refractivity contribution < 1.29 is 14.3 Å². The lowest BCUT2D eigenvalue weighted by Gasteiger charge is -2.43. The first-order valence-electron chi connectivity index (χ1n) is 7.82. The highest BCUT2D eigenvalue weighted by atomic mass is 16.5. The van der Waals surface area contributed by atoms with E-state index in [4.69, 9.17) is 9.47 Å². The Bertz CT molecular complexity index is 533. The van der Waals surface area contributed by atoms with Crippen molar-refractivity contribution in [2.24, 2.45) is 0 Å². The van der Waals surface area contributed by atoms with E-state index < -0.39 is 0 Å². The maximum atomic E-state index is 12.0. The number of hydrogen-bond donors (Lipinski definition) is 2. The number of fused-ring (bicyclic) bond motifs is 1. The van der Waals surface area contributed by atoms with Gasteiger partial charge in [-0.2, -0.15) is 0 Å². The number of aryl methyl sites for hydroxylation is 1. The molecule has 0 bridgehead atoms. The third kappa shape index (κ3) is 2.93. The Kier molecular flexibility index (Phi) is 4.58. The summed E-state index contributed by atoms with van der Waals surface area (Å²) in [5, 5.41) is 14.0. The lowest BCUT2D eigenvalue weighted by molar-refractivity contribution is -0.128. The molecule has 1 aliphatic heterocycles. The number of carbonyl (C=O) groups is 1. The number of urea groups is 1. The Labute approximate surface area is 129 Å². The topological polar surface area (TPSA) is 90.3 Å². The molecule has 1 aromatic rings. The summed E-state index contributed by atoms with van der Waals surface area (Å²) in [4.78, 5) is 12.0. The largest absolute Gasteiger partial charge is 0.377 e. The van der Waals surface area contributed by atoms with Crippen LogP contribution in [0.15, 0.2) is 0 Å². The van der Waals surface area contributed by atoms with E-state index in [1.54, 1.807) is 7.11 Å². The van der Waals surface area contributed by atoms with Crippen LogP contribution >= 0.6 is 0 Å². The van der Waals surface area contributed by atoms with Crippen molar-refractivity contribution in [1.82, 2.24) is 25.4 Å². The van der Waals surface area contributed by atoms with Crippen LogP contribution in [0.4, 0.5) is 4.79 Å². The zero-order valence-electron chi connectivity index (χ0n) is 13.0. The van der Waals surface area contributed by atoms with E-state index in [9.17, 15) is 4.79 Å². The van der Waals surface area contributed by atoms with Crippen LogP contribution in [0.5, 0.6) is 0 Å². The second kappa shape index (κ2) is 6.62. The Morgan fingerprint density at radius 1 is 1.45 bits per heavy atom. The van der Waals surface area contributed by atoms with Gasteiger partial charge in [-0.25, -0.2) is 4.79 Å². The molecule has 1 aromatic heterocycles. The Hall–Kier alpha value is -1.67. The molecule has 2 amide bonds. The quantitative estimate of drug-likeness (QED) is 0.784. The Morgan fingerprint density at radius 3 is 3.09 bits per heavy atom. The van der Waals surface area contributed by atoms with Gasteiger partial charge in [-0.05, 0) is 19.8 Å². The lowest BCUT2D eigenvalue weighted by atomic mass is 9.85. The second-order valence-electron chi connectivity index (χ2n) is 5.65. The number of carbonyl (C=O) groups excluding carboxylic acids is 1. The molecule has 3 atom stereocenters. The van der Waals surface area contributed by atoms with Crippen molar-refractivity contribution in [1.29, 1.82) is 0 Å². The van der Waals surface area contributed by atoms with Crippen LogP contribution in [0.1, 0.15) is 31.4 Å². The number of rotatable bonds is 6. The van der Waals surface area contributed by atoms with Crippen LogP contribution in [-0.4, -0.2) is 52.8 Å². The van der Waals surface area contributed by atoms with Crippen LogP contribution < -0.4 is 10.6 Å². The van der Waals surface area contributed by atoms with Gasteiger partial charge in [-0.15, -0.1) is 10.2 Å². The molecule has 2 heterocycles. The minimum Gasteiger partial charge on any atom is -0.377 e. The zero-order chi connectivity index (χ0) is 15.5. The van der Waals surface area contributed by atoms with E-state index >= 15 is 0 Å². The standard InChI is InChI=1S/C14H23N5O3/c1-3-22-10-7-9(13(10)21-2)16-14(20)15-8-12-18-17-11-5-4-6-19(11)12/h9-10,13H,3-8H2,1-2H3,(H2,15,16,20). The lowest BCUT2D eigenvalue weighted by Crippen LogP contribution is -2.62. The van der Waals surface area contributed by atoms with E-state index in [-0.39, 0.29) is 24.3 Å². The molecule has 2 aliphatic rings. The fourth-order valence-electron chi connectivity index (χ4n) is 3.14. The van der Waals surface area contributed by atoms with E-state index in [1.165, 1.54) is 0 Å². The fraction of sp³-hybridized carbons (Fsp3) is 0.786. The first-order valence-corrected chi connectivity index (χ1v) is 7.82. The monoisotopic (exact) mass is 309 g/mol. The van der Waals surface area contributed by atoms with Gasteiger partial charge in [0.2, 0.25) is 0 Å². The van der Waals surface area contributed by atoms with Gasteiger partial charge in [-0.1, -0.05) is 0 Å². The molecule has 1 fully saturated rings. The van der Waals surface area contributed by atoms with Crippen molar-refractivity contribution in [3.63, 3.8) is 0 Å². The minimum atomic E-state index is -0.211. The van der Waals surface area contributed by atoms with Crippen LogP contribution in [-0.2, 0) is 29.0 Å². The Morgan fingerprint density at radius 2 is 2.32 bits per heavy atom. The van der Waals surface area contributed by atoms with Gasteiger partial charge in [-0.3, -0.25) is 0 Å². The van der Waals surface area contributed by atoms with E-state index in [0.29, 0.717) is 13.2 Å². The second-order valence-corrected chi connectivity index (χ2v) is 5.65. The van der Waals surface area contributed by atoms with Gasteiger partial charge in [0, 0.05) is 26.7 Å². The molecular weight excluding hydrogens is 286 g/mol. The highest BCUT2D eigenvalue weighted by Crippen LogP contribution is 2.26. The summed E-state index contributed by atoms with van der Waals surface area (Å²) in [6, 6.07) is -0.219. The molecule has 1 saturated carbocycles. The van der Waals surface area contributed by atoms with Crippen molar-refractivity contribution >= 4 is 6.03 Å². The smallest absolute Gasteiger partial charge is 0.315 e. The third-order valence-corrected chi connectivity index (χ3v) is 4.31. The normalized spacial score (nSPS) is 26.4. The number of amides is 2. The third-order valence-electron chi connectivity index (χ3n) is 4.31. The SMILES string of the molecule is CCOC1CC(NC(=O)NCc2nnc3n2CCC3)C1OC. The summed E-state index contributed by atoms with van der Waals surface area (Å²) < 4.78 is 13.0. The maximum absolute atomic E-state index is 12.0. The van der Waals surface area contributed by atoms with Gasteiger partial charge in [0.15, 0.2) is 5.82 Å². The first-order chi connectivity index (χ1) is 10.7. The van der Waals surface area contributed by atoms with Crippen molar-refractivity contribution in [3.8, 4) is 0 Å². The molecule has 22 heavy (non-hydrogen) atoms. The minimum absolute atomic E-state index is 0.00864. The van der Waals surface area contributed by atoms with Crippen molar-refractivity contribution in [3.05, 3.63) is 11.6 Å². The molecule has 8 heteroatoms. The number of aromatic nitrogens is 3. The molecule has 3 unspecified atom stereocenters. The highest BCUT2D eigenvalue weighted by molar-refractivity contribution is 5.74. The molecule has 2 N–H and O–H groups in total. The summed E-state index contributed by atoms with van der Waals surface area (Å²) >= 11 is 0. The summed E-state index contributed by atoms with van der Waals surface area (Å²) in [6.45, 7) is 3.93. The van der Waals surface area contributed by atoms with Crippen LogP contribution in [0.3, 0.4) is 0 Å². The summed E-state index contributed by atoms with van der Waals surface area (Å²) in [6.07, 6.45) is 2.83. The number of nitrogens with zero attached hydrogens (tertiary/aromatic N) is 3. The van der Waals surface area contributed by atoms with Gasteiger partial charge < -0.3 is 24.7 Å². The number of nitrogens with one attached hydrogen (secondary N) is 2. The number of ether oxygens (including phenoxy) is 2. The Balaban J connectivity index is 1.45. The van der Waals surface area contributed by atoms with Crippen molar-refractivity contribution in [2.75, 3.05) is 13.7 Å². The molecule has 0 aromatic carbocycles. The molecule has 8 nitrogen and oxygen atoms in total. The summed E-state index contributed by atoms with van der Waals surface area (Å²) in [5.41, 5.74) is 0. The van der Waals surface area contributed by atoms with Gasteiger partial charge in [0.25, 0.3) is 0 Å². The van der Waals surface area contributed by atoms with E-state index in [2.05, 4.69) is 25.4 Å². The molecule has 122 valence electrons. The molecule has 1 aliphatic carbocycles. The molecule has 0 radical (unpaired) electrons. The molecular formula is C14H23N5O3. The molecule has 3 rings (SSSR count). The fourth-order valence-corrected chi connectivity index (χ4v) is 3.14.